The Kier molecular flexibility index (Phi) is 3.60. The summed E-state index contributed by atoms with van der Waals surface area (Å²) in [4.78, 5) is 0. The van der Waals surface area contributed by atoms with Crippen LogP contribution >= 0.6 is 27.5 Å². The Morgan fingerprint density at radius 3 is 2.71 bits per heavy atom. The third-order valence-electron chi connectivity index (χ3n) is 2.86. The average molecular weight is 369 g/mol. The van der Waals surface area contributed by atoms with Crippen LogP contribution in [0.1, 0.15) is 0 Å². The molecule has 3 aromatic rings. The lowest BCUT2D eigenvalue weighted by atomic mass is 10.1. The van der Waals surface area contributed by atoms with E-state index in [2.05, 4.69) is 31.5 Å². The van der Waals surface area contributed by atoms with Crippen LogP contribution in [0.25, 0.3) is 17.1 Å². The standard InChI is InChI=1S/C13H8BrClFN5/c14-7-1-4-12(10(16)5-7)21-13(18-19-20-21)9-3-2-8(15)6-11(9)17/h1-6H,17H2. The number of tetrazole rings is 1. The number of hydrogen-bond acceptors (Lipinski definition) is 4. The maximum absolute atomic E-state index is 14.1. The van der Waals surface area contributed by atoms with Gasteiger partial charge in [-0.15, -0.1) is 5.10 Å². The molecule has 0 amide bonds. The van der Waals surface area contributed by atoms with E-state index in [0.717, 1.165) is 0 Å². The summed E-state index contributed by atoms with van der Waals surface area (Å²) in [6.07, 6.45) is 0. The zero-order valence-corrected chi connectivity index (χ0v) is 12.8. The topological polar surface area (TPSA) is 69.6 Å². The zero-order valence-electron chi connectivity index (χ0n) is 10.5. The molecule has 1 aromatic heterocycles. The lowest BCUT2D eigenvalue weighted by Gasteiger charge is -2.08. The van der Waals surface area contributed by atoms with Gasteiger partial charge < -0.3 is 5.73 Å². The number of nitrogen functional groups attached to an aromatic ring is 1. The SMILES string of the molecule is Nc1cc(Cl)ccc1-c1nnnn1-c1ccc(Br)cc1F. The second kappa shape index (κ2) is 5.42. The van der Waals surface area contributed by atoms with Gasteiger partial charge in [0.25, 0.3) is 0 Å². The largest absolute Gasteiger partial charge is 0.398 e. The van der Waals surface area contributed by atoms with Crippen molar-refractivity contribution in [2.75, 3.05) is 5.73 Å². The number of hydrogen-bond donors (Lipinski definition) is 1. The molecule has 5 nitrogen and oxygen atoms in total. The fourth-order valence-corrected chi connectivity index (χ4v) is 2.42. The Morgan fingerprint density at radius 2 is 2.00 bits per heavy atom. The van der Waals surface area contributed by atoms with Crippen LogP contribution in [-0.4, -0.2) is 20.2 Å². The van der Waals surface area contributed by atoms with Crippen molar-refractivity contribution in [3.05, 3.63) is 51.7 Å². The van der Waals surface area contributed by atoms with E-state index in [4.69, 9.17) is 17.3 Å². The molecular weight excluding hydrogens is 361 g/mol. The highest BCUT2D eigenvalue weighted by molar-refractivity contribution is 9.10. The fourth-order valence-electron chi connectivity index (χ4n) is 1.91. The van der Waals surface area contributed by atoms with E-state index in [1.165, 1.54) is 10.7 Å². The quantitative estimate of drug-likeness (QED) is 0.703. The van der Waals surface area contributed by atoms with Crippen molar-refractivity contribution in [2.24, 2.45) is 0 Å². The molecule has 0 aliphatic heterocycles. The third kappa shape index (κ3) is 2.62. The lowest BCUT2D eigenvalue weighted by molar-refractivity contribution is 0.607. The van der Waals surface area contributed by atoms with Gasteiger partial charge in [-0.1, -0.05) is 27.5 Å². The molecule has 21 heavy (non-hydrogen) atoms. The van der Waals surface area contributed by atoms with Crippen molar-refractivity contribution in [1.82, 2.24) is 20.2 Å². The fraction of sp³-hybridized carbons (Fsp3) is 0. The Labute approximate surface area is 132 Å². The second-order valence-electron chi connectivity index (χ2n) is 4.24. The van der Waals surface area contributed by atoms with Crippen LogP contribution in [0, 0.1) is 5.82 Å². The number of rotatable bonds is 2. The molecule has 2 N–H and O–H groups in total. The Hall–Kier alpha value is -1.99. The molecule has 1 heterocycles. The number of nitrogens with two attached hydrogens (primary N) is 1. The predicted molar refractivity (Wildman–Crippen MR) is 81.7 cm³/mol. The van der Waals surface area contributed by atoms with Gasteiger partial charge in [-0.3, -0.25) is 0 Å². The van der Waals surface area contributed by atoms with Gasteiger partial charge in [-0.05, 0) is 46.8 Å². The van der Waals surface area contributed by atoms with E-state index in [1.807, 2.05) is 0 Å². The van der Waals surface area contributed by atoms with Crippen LogP contribution in [0.3, 0.4) is 0 Å². The smallest absolute Gasteiger partial charge is 0.189 e. The Bertz CT molecular complexity index is 754. The van der Waals surface area contributed by atoms with Gasteiger partial charge in [0.05, 0.1) is 0 Å². The monoisotopic (exact) mass is 367 g/mol. The summed E-state index contributed by atoms with van der Waals surface area (Å²) >= 11 is 9.08. The first-order chi connectivity index (χ1) is 10.1. The molecule has 0 fully saturated rings. The Balaban J connectivity index is 2.17. The molecule has 106 valence electrons. The van der Waals surface area contributed by atoms with Crippen molar-refractivity contribution in [3.8, 4) is 17.1 Å². The van der Waals surface area contributed by atoms with Crippen LogP contribution in [0.5, 0.6) is 0 Å². The van der Waals surface area contributed by atoms with Gasteiger partial charge in [0.1, 0.15) is 11.5 Å². The summed E-state index contributed by atoms with van der Waals surface area (Å²) in [6, 6.07) is 9.57. The molecule has 8 heteroatoms. The van der Waals surface area contributed by atoms with Crippen molar-refractivity contribution in [2.45, 2.75) is 0 Å². The van der Waals surface area contributed by atoms with Crippen molar-refractivity contribution in [1.29, 1.82) is 0 Å². The average Bonchev–Trinajstić information content (AvgIpc) is 2.87. The van der Waals surface area contributed by atoms with E-state index in [-0.39, 0.29) is 5.69 Å². The maximum Gasteiger partial charge on any atom is 0.189 e. The van der Waals surface area contributed by atoms with Crippen LogP contribution in [-0.2, 0) is 0 Å². The number of anilines is 1. The Morgan fingerprint density at radius 1 is 1.19 bits per heavy atom. The molecule has 0 aliphatic carbocycles. The van der Waals surface area contributed by atoms with Gasteiger partial charge in [-0.2, -0.15) is 4.68 Å². The normalized spacial score (nSPS) is 10.8. The first kappa shape index (κ1) is 14.0. The molecular formula is C13H8BrClFN5. The zero-order chi connectivity index (χ0) is 15.0. The van der Waals surface area contributed by atoms with Crippen molar-refractivity contribution >= 4 is 33.2 Å². The molecule has 0 unspecified atom stereocenters. The number of aromatic nitrogens is 4. The highest BCUT2D eigenvalue weighted by atomic mass is 79.9. The van der Waals surface area contributed by atoms with Gasteiger partial charge in [0.15, 0.2) is 5.82 Å². The minimum absolute atomic E-state index is 0.229. The number of halogens is 3. The van der Waals surface area contributed by atoms with E-state index in [1.54, 1.807) is 30.3 Å². The van der Waals surface area contributed by atoms with Gasteiger partial charge >= 0.3 is 0 Å². The van der Waals surface area contributed by atoms with Gasteiger partial charge in [-0.25, -0.2) is 4.39 Å². The summed E-state index contributed by atoms with van der Waals surface area (Å²) in [5.41, 5.74) is 7.15. The van der Waals surface area contributed by atoms with E-state index < -0.39 is 5.82 Å². The van der Waals surface area contributed by atoms with Gasteiger partial charge in [0, 0.05) is 20.7 Å². The number of benzene rings is 2. The van der Waals surface area contributed by atoms with Crippen LogP contribution < -0.4 is 5.73 Å². The molecule has 0 saturated carbocycles. The molecule has 2 aromatic carbocycles. The summed E-state index contributed by atoms with van der Waals surface area (Å²) in [5.74, 6) is -0.115. The van der Waals surface area contributed by atoms with Crippen molar-refractivity contribution in [3.63, 3.8) is 0 Å². The first-order valence-electron chi connectivity index (χ1n) is 5.85. The summed E-state index contributed by atoms with van der Waals surface area (Å²) in [6.45, 7) is 0. The highest BCUT2D eigenvalue weighted by Crippen LogP contribution is 2.29. The summed E-state index contributed by atoms with van der Waals surface area (Å²) in [5, 5.41) is 11.8. The van der Waals surface area contributed by atoms with Gasteiger partial charge in [0.2, 0.25) is 0 Å². The minimum atomic E-state index is -0.453. The van der Waals surface area contributed by atoms with E-state index in [0.29, 0.717) is 26.6 Å². The first-order valence-corrected chi connectivity index (χ1v) is 7.02. The van der Waals surface area contributed by atoms with Crippen LogP contribution in [0.4, 0.5) is 10.1 Å². The summed E-state index contributed by atoms with van der Waals surface area (Å²) in [7, 11) is 0. The minimum Gasteiger partial charge on any atom is -0.398 e. The second-order valence-corrected chi connectivity index (χ2v) is 5.59. The predicted octanol–water partition coefficient (Wildman–Crippen LogP) is 3.47. The summed E-state index contributed by atoms with van der Waals surface area (Å²) < 4.78 is 16.0. The molecule has 0 spiro atoms. The molecule has 0 saturated heterocycles. The van der Waals surface area contributed by atoms with Crippen LogP contribution in [0.15, 0.2) is 40.9 Å². The highest BCUT2D eigenvalue weighted by Gasteiger charge is 2.16. The molecule has 0 radical (unpaired) electrons. The van der Waals surface area contributed by atoms with E-state index >= 15 is 0 Å². The lowest BCUT2D eigenvalue weighted by Crippen LogP contribution is -2.04. The van der Waals surface area contributed by atoms with E-state index in [9.17, 15) is 4.39 Å². The number of nitrogens with zero attached hydrogens (tertiary/aromatic N) is 4. The molecule has 3 rings (SSSR count). The van der Waals surface area contributed by atoms with Crippen LogP contribution in [0.2, 0.25) is 5.02 Å². The van der Waals surface area contributed by atoms with Crippen molar-refractivity contribution < 1.29 is 4.39 Å². The maximum atomic E-state index is 14.1. The molecule has 0 bridgehead atoms. The third-order valence-corrected chi connectivity index (χ3v) is 3.59. The molecule has 0 atom stereocenters. The molecule has 0 aliphatic rings.